The molecule has 0 aromatic heterocycles. The Morgan fingerprint density at radius 2 is 1.75 bits per heavy atom. The summed E-state index contributed by atoms with van der Waals surface area (Å²) in [6, 6.07) is 0. The van der Waals surface area contributed by atoms with Crippen molar-refractivity contribution in [2.45, 2.75) is 51.6 Å². The predicted molar refractivity (Wildman–Crippen MR) is 50.1 cm³/mol. The molecule has 0 heterocycles. The van der Waals surface area contributed by atoms with Crippen molar-refractivity contribution in [1.29, 1.82) is 0 Å². The minimum atomic E-state index is 0.596. The first-order chi connectivity index (χ1) is 5.74. The van der Waals surface area contributed by atoms with Gasteiger partial charge in [-0.2, -0.15) is 0 Å². The average Bonchev–Trinajstić information content (AvgIpc) is 2.02. The Bertz CT molecular complexity index is 141. The molecule has 1 nitrogen and oxygen atoms in total. The third-order valence-corrected chi connectivity index (χ3v) is 3.99. The predicted octanol–water partition coefficient (Wildman–Crippen LogP) is 2.99. The van der Waals surface area contributed by atoms with Gasteiger partial charge in [0.2, 0.25) is 0 Å². The molecule has 1 spiro atoms. The lowest BCUT2D eigenvalue weighted by Gasteiger charge is -2.50. The van der Waals surface area contributed by atoms with Gasteiger partial charge in [0.15, 0.2) is 0 Å². The SMILES string of the molecule is COC1CC2(CCC(C)CC2)C1. The van der Waals surface area contributed by atoms with Gasteiger partial charge in [-0.15, -0.1) is 0 Å². The lowest BCUT2D eigenvalue weighted by molar-refractivity contribution is -0.0821. The zero-order chi connectivity index (χ0) is 8.60. The van der Waals surface area contributed by atoms with E-state index in [1.807, 2.05) is 7.11 Å². The number of methoxy groups -OCH3 is 1. The van der Waals surface area contributed by atoms with E-state index in [-0.39, 0.29) is 0 Å². The number of hydrogen-bond donors (Lipinski definition) is 0. The summed E-state index contributed by atoms with van der Waals surface area (Å²) in [5, 5.41) is 0. The van der Waals surface area contributed by atoms with E-state index >= 15 is 0 Å². The molecule has 1 heteroatoms. The van der Waals surface area contributed by atoms with Crippen LogP contribution in [0.5, 0.6) is 0 Å². The van der Waals surface area contributed by atoms with Crippen LogP contribution in [0, 0.1) is 11.3 Å². The van der Waals surface area contributed by atoms with E-state index in [4.69, 9.17) is 4.74 Å². The Labute approximate surface area is 75.5 Å². The van der Waals surface area contributed by atoms with Crippen molar-refractivity contribution >= 4 is 0 Å². The minimum absolute atomic E-state index is 0.596. The van der Waals surface area contributed by atoms with Crippen LogP contribution in [-0.4, -0.2) is 13.2 Å². The fraction of sp³-hybridized carbons (Fsp3) is 1.00. The van der Waals surface area contributed by atoms with Crippen LogP contribution in [0.15, 0.2) is 0 Å². The molecule has 0 unspecified atom stereocenters. The average molecular weight is 168 g/mol. The van der Waals surface area contributed by atoms with Crippen LogP contribution in [0.3, 0.4) is 0 Å². The molecule has 70 valence electrons. The van der Waals surface area contributed by atoms with Crippen molar-refractivity contribution in [3.05, 3.63) is 0 Å². The maximum atomic E-state index is 5.34. The Kier molecular flexibility index (Phi) is 2.16. The van der Waals surface area contributed by atoms with Gasteiger partial charge in [-0.1, -0.05) is 19.8 Å². The molecule has 0 aliphatic heterocycles. The van der Waals surface area contributed by atoms with E-state index in [2.05, 4.69) is 6.92 Å². The van der Waals surface area contributed by atoms with Crippen molar-refractivity contribution < 1.29 is 4.74 Å². The van der Waals surface area contributed by atoms with Crippen LogP contribution in [0.25, 0.3) is 0 Å². The fourth-order valence-electron chi connectivity index (χ4n) is 2.86. The topological polar surface area (TPSA) is 9.23 Å². The van der Waals surface area contributed by atoms with E-state index in [9.17, 15) is 0 Å². The van der Waals surface area contributed by atoms with E-state index in [1.54, 1.807) is 0 Å². The van der Waals surface area contributed by atoms with Gasteiger partial charge in [0, 0.05) is 7.11 Å². The molecule has 2 aliphatic carbocycles. The van der Waals surface area contributed by atoms with Crippen molar-refractivity contribution in [2.24, 2.45) is 11.3 Å². The summed E-state index contributed by atoms with van der Waals surface area (Å²) < 4.78 is 5.34. The Morgan fingerprint density at radius 1 is 1.17 bits per heavy atom. The molecule has 0 radical (unpaired) electrons. The molecular formula is C11H20O. The first-order valence-electron chi connectivity index (χ1n) is 5.27. The summed E-state index contributed by atoms with van der Waals surface area (Å²) >= 11 is 0. The monoisotopic (exact) mass is 168 g/mol. The molecule has 0 amide bonds. The van der Waals surface area contributed by atoms with Crippen LogP contribution < -0.4 is 0 Å². The summed E-state index contributed by atoms with van der Waals surface area (Å²) in [6.45, 7) is 2.39. The number of ether oxygens (including phenoxy) is 1. The third-order valence-electron chi connectivity index (χ3n) is 3.99. The molecule has 2 aliphatic rings. The molecule has 2 fully saturated rings. The highest BCUT2D eigenvalue weighted by Crippen LogP contribution is 2.53. The van der Waals surface area contributed by atoms with Gasteiger partial charge in [0.05, 0.1) is 6.10 Å². The first-order valence-corrected chi connectivity index (χ1v) is 5.27. The number of rotatable bonds is 1. The summed E-state index contributed by atoms with van der Waals surface area (Å²) in [4.78, 5) is 0. The second-order valence-corrected chi connectivity index (χ2v) is 4.95. The summed E-state index contributed by atoms with van der Waals surface area (Å²) in [7, 11) is 1.85. The maximum absolute atomic E-state index is 5.34. The normalized spacial score (nSPS) is 47.5. The molecule has 0 aromatic carbocycles. The highest BCUT2D eigenvalue weighted by atomic mass is 16.5. The first kappa shape index (κ1) is 8.55. The molecule has 0 bridgehead atoms. The largest absolute Gasteiger partial charge is 0.381 e. The van der Waals surface area contributed by atoms with Gasteiger partial charge in [0.25, 0.3) is 0 Å². The van der Waals surface area contributed by atoms with Crippen LogP contribution >= 0.6 is 0 Å². The van der Waals surface area contributed by atoms with Crippen LogP contribution in [-0.2, 0) is 4.74 Å². The zero-order valence-corrected chi connectivity index (χ0v) is 8.31. The van der Waals surface area contributed by atoms with Crippen molar-refractivity contribution in [2.75, 3.05) is 7.11 Å². The van der Waals surface area contributed by atoms with E-state index < -0.39 is 0 Å². The minimum Gasteiger partial charge on any atom is -0.381 e. The third kappa shape index (κ3) is 1.39. The lowest BCUT2D eigenvalue weighted by atomic mass is 9.58. The van der Waals surface area contributed by atoms with E-state index in [0.29, 0.717) is 6.10 Å². The highest BCUT2D eigenvalue weighted by molar-refractivity contribution is 4.96. The van der Waals surface area contributed by atoms with Gasteiger partial charge >= 0.3 is 0 Å². The number of hydrogen-bond acceptors (Lipinski definition) is 1. The van der Waals surface area contributed by atoms with Crippen LogP contribution in [0.4, 0.5) is 0 Å². The molecule has 2 rings (SSSR count). The molecule has 0 N–H and O–H groups in total. The summed E-state index contributed by atoms with van der Waals surface area (Å²) in [5.74, 6) is 0.984. The van der Waals surface area contributed by atoms with Gasteiger partial charge in [-0.25, -0.2) is 0 Å². The second-order valence-electron chi connectivity index (χ2n) is 4.95. The molecule has 12 heavy (non-hydrogen) atoms. The Hall–Kier alpha value is -0.0400. The van der Waals surface area contributed by atoms with Crippen LogP contribution in [0.1, 0.15) is 45.4 Å². The van der Waals surface area contributed by atoms with Gasteiger partial charge in [0.1, 0.15) is 0 Å². The van der Waals surface area contributed by atoms with Gasteiger partial charge in [-0.05, 0) is 37.0 Å². The standard InChI is InChI=1S/C11H20O/c1-9-3-5-11(6-4-9)7-10(8-11)12-2/h9-10H,3-8H2,1-2H3. The molecule has 0 saturated heterocycles. The van der Waals surface area contributed by atoms with Gasteiger partial charge in [-0.3, -0.25) is 0 Å². The van der Waals surface area contributed by atoms with Crippen LogP contribution in [0.2, 0.25) is 0 Å². The van der Waals surface area contributed by atoms with Crippen molar-refractivity contribution in [3.63, 3.8) is 0 Å². The summed E-state index contributed by atoms with van der Waals surface area (Å²) in [5.41, 5.74) is 0.729. The molecular weight excluding hydrogens is 148 g/mol. The quantitative estimate of drug-likeness (QED) is 0.585. The maximum Gasteiger partial charge on any atom is 0.0582 e. The molecule has 0 aromatic rings. The fourth-order valence-corrected chi connectivity index (χ4v) is 2.86. The summed E-state index contributed by atoms with van der Waals surface area (Å²) in [6.07, 6.45) is 9.12. The second kappa shape index (κ2) is 3.02. The Morgan fingerprint density at radius 3 is 2.25 bits per heavy atom. The van der Waals surface area contributed by atoms with Gasteiger partial charge < -0.3 is 4.74 Å². The smallest absolute Gasteiger partial charge is 0.0582 e. The highest BCUT2D eigenvalue weighted by Gasteiger charge is 2.45. The molecule has 2 saturated carbocycles. The van der Waals surface area contributed by atoms with E-state index in [1.165, 1.54) is 38.5 Å². The lowest BCUT2D eigenvalue weighted by Crippen LogP contribution is -2.44. The Balaban J connectivity index is 1.83. The zero-order valence-electron chi connectivity index (χ0n) is 8.31. The van der Waals surface area contributed by atoms with Crippen molar-refractivity contribution in [1.82, 2.24) is 0 Å². The van der Waals surface area contributed by atoms with E-state index in [0.717, 1.165) is 11.3 Å². The van der Waals surface area contributed by atoms with Crippen molar-refractivity contribution in [3.8, 4) is 0 Å². The molecule has 0 atom stereocenters.